The van der Waals surface area contributed by atoms with Gasteiger partial charge < -0.3 is 19.9 Å². The molecule has 0 fully saturated rings. The number of carbonyl (C=O) groups excluding carboxylic acids is 1. The minimum absolute atomic E-state index is 0.0479. The van der Waals surface area contributed by atoms with E-state index < -0.39 is 23.7 Å². The van der Waals surface area contributed by atoms with Crippen LogP contribution in [0.25, 0.3) is 21.9 Å². The third kappa shape index (κ3) is 5.21. The second kappa shape index (κ2) is 10.2. The van der Waals surface area contributed by atoms with Crippen LogP contribution in [0.4, 0.5) is 4.79 Å². The van der Waals surface area contributed by atoms with Gasteiger partial charge in [0.1, 0.15) is 24.0 Å². The molecule has 0 aromatic heterocycles. The maximum Gasteiger partial charge on any atom is 0.407 e. The van der Waals surface area contributed by atoms with Crippen molar-refractivity contribution in [1.29, 1.82) is 0 Å². The molecule has 4 aromatic carbocycles. The SMILES string of the molecule is CC(C)(C)Oc1ccc2ccccc2c1CC(NC(=O)OCC1c2ccccc2-c2ccccc21)C(=O)O. The second-order valence-electron chi connectivity index (χ2n) is 10.5. The highest BCUT2D eigenvalue weighted by Gasteiger charge is 2.30. The number of carboxylic acid groups (broad SMARTS) is 1. The molecule has 1 aliphatic rings. The number of carbonyl (C=O) groups is 2. The number of aliphatic carboxylic acids is 1. The molecule has 4 aromatic rings. The zero-order valence-corrected chi connectivity index (χ0v) is 21.7. The van der Waals surface area contributed by atoms with Crippen molar-refractivity contribution < 1.29 is 24.2 Å². The summed E-state index contributed by atoms with van der Waals surface area (Å²) in [5.41, 5.74) is 4.69. The van der Waals surface area contributed by atoms with Crippen molar-refractivity contribution in [3.05, 3.63) is 102 Å². The van der Waals surface area contributed by atoms with Crippen molar-refractivity contribution in [3.63, 3.8) is 0 Å². The predicted octanol–water partition coefficient (Wildman–Crippen LogP) is 6.55. The third-order valence-electron chi connectivity index (χ3n) is 6.76. The molecule has 0 heterocycles. The van der Waals surface area contributed by atoms with Gasteiger partial charge in [0.15, 0.2) is 0 Å². The van der Waals surface area contributed by atoms with E-state index >= 15 is 0 Å². The van der Waals surface area contributed by atoms with Crippen LogP contribution in [-0.2, 0) is 16.0 Å². The molecule has 1 amide bonds. The van der Waals surface area contributed by atoms with Gasteiger partial charge in [0.05, 0.1) is 0 Å². The van der Waals surface area contributed by atoms with Crippen LogP contribution < -0.4 is 10.1 Å². The maximum absolute atomic E-state index is 12.9. The monoisotopic (exact) mass is 509 g/mol. The van der Waals surface area contributed by atoms with E-state index in [2.05, 4.69) is 17.4 Å². The largest absolute Gasteiger partial charge is 0.488 e. The van der Waals surface area contributed by atoms with E-state index in [0.29, 0.717) is 5.75 Å². The molecule has 1 aliphatic carbocycles. The molecule has 5 rings (SSSR count). The minimum atomic E-state index is -1.20. The van der Waals surface area contributed by atoms with Crippen LogP contribution in [-0.4, -0.2) is 35.4 Å². The average Bonchev–Trinajstić information content (AvgIpc) is 3.21. The zero-order chi connectivity index (χ0) is 26.9. The Kier molecular flexibility index (Phi) is 6.81. The van der Waals surface area contributed by atoms with Crippen molar-refractivity contribution in [2.24, 2.45) is 0 Å². The molecule has 1 atom stereocenters. The molecule has 1 unspecified atom stereocenters. The van der Waals surface area contributed by atoms with Gasteiger partial charge in [-0.2, -0.15) is 0 Å². The number of benzene rings is 4. The van der Waals surface area contributed by atoms with E-state index in [1.807, 2.05) is 93.6 Å². The number of ether oxygens (including phenoxy) is 2. The molecule has 6 heteroatoms. The molecule has 0 spiro atoms. The second-order valence-corrected chi connectivity index (χ2v) is 10.5. The summed E-state index contributed by atoms with van der Waals surface area (Å²) in [6, 6.07) is 26.5. The van der Waals surface area contributed by atoms with Crippen LogP contribution in [0.3, 0.4) is 0 Å². The Morgan fingerprint density at radius 3 is 2.11 bits per heavy atom. The van der Waals surface area contributed by atoms with Crippen molar-refractivity contribution in [2.75, 3.05) is 6.61 Å². The Labute approximate surface area is 222 Å². The zero-order valence-electron chi connectivity index (χ0n) is 21.7. The molecule has 0 aliphatic heterocycles. The van der Waals surface area contributed by atoms with Gasteiger partial charge >= 0.3 is 12.1 Å². The highest BCUT2D eigenvalue weighted by atomic mass is 16.5. The fourth-order valence-electron chi connectivity index (χ4n) is 5.14. The normalized spacial score (nSPS) is 13.4. The van der Waals surface area contributed by atoms with Gasteiger partial charge in [0.25, 0.3) is 0 Å². The lowest BCUT2D eigenvalue weighted by Crippen LogP contribution is -2.43. The van der Waals surface area contributed by atoms with Crippen LogP contribution in [0.5, 0.6) is 5.75 Å². The number of hydrogen-bond acceptors (Lipinski definition) is 4. The van der Waals surface area contributed by atoms with Crippen LogP contribution in [0, 0.1) is 0 Å². The van der Waals surface area contributed by atoms with E-state index in [0.717, 1.165) is 38.6 Å². The standard InChI is InChI=1S/C32H31NO5/c1-32(2,3)38-29-17-16-20-10-4-5-11-21(20)26(29)18-28(30(34)35)33-31(36)37-19-27-24-14-8-6-12-22(24)23-13-7-9-15-25(23)27/h4-17,27-28H,18-19H2,1-3H3,(H,33,36)(H,34,35). The van der Waals surface area contributed by atoms with E-state index in [4.69, 9.17) is 9.47 Å². The Morgan fingerprint density at radius 1 is 0.868 bits per heavy atom. The van der Waals surface area contributed by atoms with Crippen LogP contribution in [0.2, 0.25) is 0 Å². The molecule has 194 valence electrons. The molecule has 0 radical (unpaired) electrons. The summed E-state index contributed by atoms with van der Waals surface area (Å²) in [5.74, 6) is -0.661. The Bertz CT molecular complexity index is 1460. The van der Waals surface area contributed by atoms with Gasteiger partial charge in [0.2, 0.25) is 0 Å². The number of nitrogens with one attached hydrogen (secondary N) is 1. The number of amides is 1. The number of alkyl carbamates (subject to hydrolysis) is 1. The molecular formula is C32H31NO5. The summed E-state index contributed by atoms with van der Waals surface area (Å²) >= 11 is 0. The summed E-state index contributed by atoms with van der Waals surface area (Å²) in [4.78, 5) is 25.1. The highest BCUT2D eigenvalue weighted by Crippen LogP contribution is 2.44. The molecular weight excluding hydrogens is 478 g/mol. The summed E-state index contributed by atoms with van der Waals surface area (Å²) in [6.45, 7) is 5.93. The van der Waals surface area contributed by atoms with Gasteiger partial charge in [-0.05, 0) is 59.9 Å². The minimum Gasteiger partial charge on any atom is -0.488 e. The van der Waals surface area contributed by atoms with Gasteiger partial charge in [-0.3, -0.25) is 0 Å². The maximum atomic E-state index is 12.9. The van der Waals surface area contributed by atoms with Crippen molar-refractivity contribution in [1.82, 2.24) is 5.32 Å². The first-order chi connectivity index (χ1) is 18.2. The van der Waals surface area contributed by atoms with Crippen LogP contribution in [0.1, 0.15) is 43.4 Å². The number of hydrogen-bond donors (Lipinski definition) is 2. The lowest BCUT2D eigenvalue weighted by Gasteiger charge is -2.25. The molecule has 0 saturated carbocycles. The number of carboxylic acids is 1. The summed E-state index contributed by atoms with van der Waals surface area (Å²) < 4.78 is 11.8. The molecule has 38 heavy (non-hydrogen) atoms. The van der Waals surface area contributed by atoms with E-state index in [-0.39, 0.29) is 18.9 Å². The summed E-state index contributed by atoms with van der Waals surface area (Å²) in [7, 11) is 0. The molecule has 0 bridgehead atoms. The van der Waals surface area contributed by atoms with Crippen LogP contribution in [0.15, 0.2) is 84.9 Å². The van der Waals surface area contributed by atoms with Crippen LogP contribution >= 0.6 is 0 Å². The fraction of sp³-hybridized carbons (Fsp3) is 0.250. The van der Waals surface area contributed by atoms with Gasteiger partial charge in [0, 0.05) is 17.9 Å². The first kappa shape index (κ1) is 25.3. The predicted molar refractivity (Wildman–Crippen MR) is 148 cm³/mol. The van der Waals surface area contributed by atoms with E-state index in [9.17, 15) is 14.7 Å². The Morgan fingerprint density at radius 2 is 1.47 bits per heavy atom. The molecule has 2 N–H and O–H groups in total. The fourth-order valence-corrected chi connectivity index (χ4v) is 5.14. The van der Waals surface area contributed by atoms with Gasteiger partial charge in [-0.1, -0.05) is 78.9 Å². The van der Waals surface area contributed by atoms with Crippen molar-refractivity contribution >= 4 is 22.8 Å². The van der Waals surface area contributed by atoms with E-state index in [1.165, 1.54) is 0 Å². The molecule has 0 saturated heterocycles. The van der Waals surface area contributed by atoms with Crippen molar-refractivity contribution in [2.45, 2.75) is 44.8 Å². The summed E-state index contributed by atoms with van der Waals surface area (Å²) in [6.07, 6.45) is -0.718. The third-order valence-corrected chi connectivity index (χ3v) is 6.76. The highest BCUT2D eigenvalue weighted by molar-refractivity contribution is 5.89. The van der Waals surface area contributed by atoms with Crippen molar-refractivity contribution in [3.8, 4) is 16.9 Å². The molecule has 6 nitrogen and oxygen atoms in total. The first-order valence-corrected chi connectivity index (χ1v) is 12.8. The quantitative estimate of drug-likeness (QED) is 0.295. The number of fused-ring (bicyclic) bond motifs is 4. The Hall–Kier alpha value is -4.32. The lowest BCUT2D eigenvalue weighted by atomic mass is 9.97. The average molecular weight is 510 g/mol. The lowest BCUT2D eigenvalue weighted by molar-refractivity contribution is -0.139. The smallest absolute Gasteiger partial charge is 0.407 e. The number of rotatable bonds is 7. The Balaban J connectivity index is 1.35. The first-order valence-electron chi connectivity index (χ1n) is 12.8. The summed E-state index contributed by atoms with van der Waals surface area (Å²) in [5, 5.41) is 14.4. The van der Waals surface area contributed by atoms with Gasteiger partial charge in [-0.25, -0.2) is 9.59 Å². The topological polar surface area (TPSA) is 84.9 Å². The van der Waals surface area contributed by atoms with Gasteiger partial charge in [-0.15, -0.1) is 0 Å². The van der Waals surface area contributed by atoms with E-state index in [1.54, 1.807) is 0 Å².